The standard InChI is InChI=1S/C26H29OSi.2ClH.Zr/c1-6-19-14-15-24-22-12-8-7-10-21(22)17-25(24)26(19)23-13-9-11-20(23)16-18(2)27-28(3,4)5;;;/h6-12,14-15,18H,13,16H2,1-5H3;2*1H;/q-1;;;+3/p-2. The van der Waals surface area contributed by atoms with Crippen molar-refractivity contribution in [3.8, 4) is 0 Å². The van der Waals surface area contributed by atoms with Gasteiger partial charge in [0.2, 0.25) is 0 Å². The molecule has 0 aromatic heterocycles. The first-order valence-corrected chi connectivity index (χ1v) is 13.7. The Balaban J connectivity index is 0.00000160. The topological polar surface area (TPSA) is 9.23 Å². The molecule has 5 heteroatoms. The molecule has 2 aromatic carbocycles. The number of hydrogen-bond acceptors (Lipinski definition) is 1. The monoisotopic (exact) mass is 545 g/mol. The van der Waals surface area contributed by atoms with Crippen LogP contribution in [0.2, 0.25) is 19.6 Å². The summed E-state index contributed by atoms with van der Waals surface area (Å²) in [4.78, 5) is 0. The molecule has 0 fully saturated rings. The maximum absolute atomic E-state index is 6.33. The van der Waals surface area contributed by atoms with Crippen molar-refractivity contribution >= 4 is 26.0 Å². The molecule has 0 aliphatic heterocycles. The Morgan fingerprint density at radius 1 is 1.06 bits per heavy atom. The third-order valence-corrected chi connectivity index (χ3v) is 6.53. The SMILES string of the molecule is CC=c1ccc2c(c1C1=C(CC(C)O[Si](C)(C)C)C=CC1)[C-]=c1ccccc1=2.[Cl-].[Cl-].[Zr+3]. The van der Waals surface area contributed by atoms with E-state index >= 15 is 0 Å². The summed E-state index contributed by atoms with van der Waals surface area (Å²) in [5, 5.41) is 5.11. The Labute approximate surface area is 218 Å². The molecule has 31 heavy (non-hydrogen) atoms. The predicted molar refractivity (Wildman–Crippen MR) is 122 cm³/mol. The fraction of sp³-hybridized carbons (Fsp3) is 0.308. The number of rotatable bonds is 5. The second-order valence-electron chi connectivity index (χ2n) is 8.77. The summed E-state index contributed by atoms with van der Waals surface area (Å²) in [6.07, 6.45) is 12.7. The van der Waals surface area contributed by atoms with E-state index in [4.69, 9.17) is 4.43 Å². The summed E-state index contributed by atoms with van der Waals surface area (Å²) in [6, 6.07) is 13.1. The van der Waals surface area contributed by atoms with Crippen LogP contribution in [-0.4, -0.2) is 14.4 Å². The van der Waals surface area contributed by atoms with Gasteiger partial charge in [0, 0.05) is 6.10 Å². The quantitative estimate of drug-likeness (QED) is 0.299. The van der Waals surface area contributed by atoms with Gasteiger partial charge in [-0.05, 0) is 51.9 Å². The van der Waals surface area contributed by atoms with Gasteiger partial charge in [0.05, 0.1) is 0 Å². The van der Waals surface area contributed by atoms with E-state index in [0.717, 1.165) is 12.8 Å². The predicted octanol–water partition coefficient (Wildman–Crippen LogP) is -0.858. The molecule has 2 aliphatic rings. The van der Waals surface area contributed by atoms with Crippen molar-refractivity contribution < 1.29 is 55.4 Å². The van der Waals surface area contributed by atoms with Gasteiger partial charge >= 0.3 is 26.2 Å². The van der Waals surface area contributed by atoms with E-state index < -0.39 is 8.32 Å². The normalized spacial score (nSPS) is 15.3. The van der Waals surface area contributed by atoms with Crippen LogP contribution in [0.25, 0.3) is 17.7 Å². The minimum Gasteiger partial charge on any atom is -1.00 e. The van der Waals surface area contributed by atoms with E-state index in [1.807, 2.05) is 0 Å². The van der Waals surface area contributed by atoms with Crippen LogP contribution < -0.4 is 35.3 Å². The van der Waals surface area contributed by atoms with Crippen LogP contribution in [0.15, 0.2) is 54.1 Å². The molecule has 0 N–H and O–H groups in total. The molecule has 0 saturated heterocycles. The van der Waals surface area contributed by atoms with Crippen LogP contribution in [0.1, 0.15) is 37.8 Å². The second-order valence-corrected chi connectivity index (χ2v) is 13.2. The molecular formula is C26H29Cl2OSiZr. The summed E-state index contributed by atoms with van der Waals surface area (Å²) >= 11 is 0. The number of benzene rings is 2. The summed E-state index contributed by atoms with van der Waals surface area (Å²) in [5.41, 5.74) is 5.47. The molecule has 1 nitrogen and oxygen atoms in total. The molecule has 0 amide bonds. The number of halogens is 2. The van der Waals surface area contributed by atoms with Crippen molar-refractivity contribution in [1.29, 1.82) is 0 Å². The molecule has 2 aromatic rings. The van der Waals surface area contributed by atoms with Crippen LogP contribution in [-0.2, 0) is 30.6 Å². The van der Waals surface area contributed by atoms with Gasteiger partial charge in [0.1, 0.15) is 0 Å². The molecule has 0 heterocycles. The van der Waals surface area contributed by atoms with Crippen LogP contribution >= 0.6 is 0 Å². The Hall–Kier alpha value is -0.700. The van der Waals surface area contributed by atoms with Crippen molar-refractivity contribution in [3.63, 3.8) is 0 Å². The number of hydrogen-bond donors (Lipinski definition) is 0. The minimum absolute atomic E-state index is 0. The molecule has 0 bridgehead atoms. The van der Waals surface area contributed by atoms with Gasteiger partial charge in [-0.25, -0.2) is 0 Å². The molecule has 161 valence electrons. The second kappa shape index (κ2) is 11.4. The first-order valence-electron chi connectivity index (χ1n) is 10.3. The van der Waals surface area contributed by atoms with E-state index in [1.54, 1.807) is 0 Å². The van der Waals surface area contributed by atoms with Crippen LogP contribution in [0.5, 0.6) is 0 Å². The van der Waals surface area contributed by atoms with Gasteiger partial charge in [0.25, 0.3) is 0 Å². The van der Waals surface area contributed by atoms with Gasteiger partial charge in [0.15, 0.2) is 8.32 Å². The van der Waals surface area contributed by atoms with Crippen molar-refractivity contribution in [2.24, 2.45) is 0 Å². The van der Waals surface area contributed by atoms with Crippen LogP contribution in [0, 0.1) is 10.4 Å². The average molecular weight is 548 g/mol. The number of allylic oxidation sites excluding steroid dienone is 3. The third-order valence-electron chi connectivity index (χ3n) is 5.42. The van der Waals surface area contributed by atoms with Crippen LogP contribution in [0.3, 0.4) is 0 Å². The zero-order valence-electron chi connectivity index (χ0n) is 18.9. The van der Waals surface area contributed by atoms with E-state index in [-0.39, 0.29) is 57.1 Å². The number of fused-ring (bicyclic) bond motifs is 2. The summed E-state index contributed by atoms with van der Waals surface area (Å²) in [6.45, 7) is 11.1. The Bertz CT molecular complexity index is 1210. The summed E-state index contributed by atoms with van der Waals surface area (Å²) < 4.78 is 6.33. The molecule has 2 aliphatic carbocycles. The van der Waals surface area contributed by atoms with Crippen molar-refractivity contribution in [3.05, 3.63) is 86.1 Å². The van der Waals surface area contributed by atoms with E-state index in [9.17, 15) is 0 Å². The first kappa shape index (κ1) is 28.3. The van der Waals surface area contributed by atoms with E-state index in [1.165, 1.54) is 43.1 Å². The molecule has 4 rings (SSSR count). The van der Waals surface area contributed by atoms with Gasteiger partial charge in [-0.15, -0.1) is 33.4 Å². The van der Waals surface area contributed by atoms with Crippen LogP contribution in [0.4, 0.5) is 0 Å². The van der Waals surface area contributed by atoms with E-state index in [2.05, 4.69) is 94.2 Å². The Morgan fingerprint density at radius 2 is 1.77 bits per heavy atom. The average Bonchev–Trinajstić information content (AvgIpc) is 3.23. The minimum atomic E-state index is -1.54. The largest absolute Gasteiger partial charge is 3.00 e. The van der Waals surface area contributed by atoms with Gasteiger partial charge in [-0.2, -0.15) is 0 Å². The Kier molecular flexibility index (Phi) is 10.5. The molecular weight excluding hydrogens is 519 g/mol. The fourth-order valence-corrected chi connectivity index (χ4v) is 5.75. The summed E-state index contributed by atoms with van der Waals surface area (Å²) in [7, 11) is -1.54. The molecule has 0 spiro atoms. The first-order chi connectivity index (χ1) is 13.4. The Morgan fingerprint density at radius 3 is 2.45 bits per heavy atom. The maximum Gasteiger partial charge on any atom is 3.00 e. The smallest absolute Gasteiger partial charge is 1.00 e. The molecule has 1 unspecified atom stereocenters. The summed E-state index contributed by atoms with van der Waals surface area (Å²) in [5.74, 6) is 0. The third kappa shape index (κ3) is 6.01. The molecule has 1 radical (unpaired) electrons. The van der Waals surface area contributed by atoms with E-state index in [0.29, 0.717) is 0 Å². The molecule has 1 atom stereocenters. The van der Waals surface area contributed by atoms with Gasteiger partial charge in [-0.1, -0.05) is 64.9 Å². The maximum atomic E-state index is 6.33. The van der Waals surface area contributed by atoms with Crippen molar-refractivity contribution in [2.45, 2.75) is 52.4 Å². The van der Waals surface area contributed by atoms with Gasteiger partial charge in [-0.3, -0.25) is 0 Å². The molecule has 0 saturated carbocycles. The van der Waals surface area contributed by atoms with Crippen molar-refractivity contribution in [2.75, 3.05) is 0 Å². The van der Waals surface area contributed by atoms with Crippen molar-refractivity contribution in [1.82, 2.24) is 0 Å². The fourth-order valence-electron chi connectivity index (χ4n) is 4.46. The zero-order chi connectivity index (χ0) is 19.9. The van der Waals surface area contributed by atoms with Gasteiger partial charge < -0.3 is 29.2 Å². The zero-order valence-corrected chi connectivity index (χ0v) is 23.8.